The number of hydrogen-bond donors (Lipinski definition) is 2. The van der Waals surface area contributed by atoms with E-state index in [0.717, 1.165) is 5.56 Å². The molecule has 1 aromatic carbocycles. The van der Waals surface area contributed by atoms with Crippen molar-refractivity contribution in [2.75, 3.05) is 13.1 Å². The van der Waals surface area contributed by atoms with Gasteiger partial charge < -0.3 is 10.4 Å². The zero-order valence-electron chi connectivity index (χ0n) is 8.11. The third-order valence-corrected chi connectivity index (χ3v) is 2.83. The highest BCUT2D eigenvalue weighted by molar-refractivity contribution is 5.72. The van der Waals surface area contributed by atoms with Gasteiger partial charge in [-0.25, -0.2) is 4.39 Å². The second kappa shape index (κ2) is 3.98. The molecule has 2 atom stereocenters. The van der Waals surface area contributed by atoms with E-state index in [2.05, 4.69) is 5.32 Å². The van der Waals surface area contributed by atoms with E-state index < -0.39 is 11.9 Å². The van der Waals surface area contributed by atoms with Crippen molar-refractivity contribution in [2.45, 2.75) is 5.92 Å². The summed E-state index contributed by atoms with van der Waals surface area (Å²) in [5, 5.41) is 12.0. The average molecular weight is 209 g/mol. The number of aliphatic carboxylic acids is 1. The Balaban J connectivity index is 2.22. The van der Waals surface area contributed by atoms with Gasteiger partial charge in [0.25, 0.3) is 0 Å². The second-order valence-electron chi connectivity index (χ2n) is 3.76. The van der Waals surface area contributed by atoms with Crippen LogP contribution in [0.4, 0.5) is 4.39 Å². The standard InChI is InChI=1S/C11H12FNO2/c12-8-3-1-7(2-4-8)9-5-13-6-10(9)11(14)15/h1-4,9-10,13H,5-6H2,(H,14,15)/t9-,10+/m0/s1. The SMILES string of the molecule is O=C(O)[C@@H]1CNC[C@H]1c1ccc(F)cc1. The maximum Gasteiger partial charge on any atom is 0.308 e. The number of carbonyl (C=O) groups is 1. The minimum absolute atomic E-state index is 0.0527. The molecule has 0 spiro atoms. The topological polar surface area (TPSA) is 49.3 Å². The Morgan fingerprint density at radius 2 is 2.00 bits per heavy atom. The van der Waals surface area contributed by atoms with Crippen LogP contribution in [-0.4, -0.2) is 24.2 Å². The molecule has 1 fully saturated rings. The molecular formula is C11H12FNO2. The van der Waals surface area contributed by atoms with E-state index in [1.807, 2.05) is 0 Å². The Morgan fingerprint density at radius 3 is 2.60 bits per heavy atom. The predicted octanol–water partition coefficient (Wildman–Crippen LogP) is 1.21. The van der Waals surface area contributed by atoms with Crippen LogP contribution in [0.15, 0.2) is 24.3 Å². The van der Waals surface area contributed by atoms with Crippen LogP contribution in [0.5, 0.6) is 0 Å². The molecule has 1 aliphatic heterocycles. The molecule has 15 heavy (non-hydrogen) atoms. The summed E-state index contributed by atoms with van der Waals surface area (Å²) in [5.41, 5.74) is 0.883. The number of carboxylic acids is 1. The monoisotopic (exact) mass is 209 g/mol. The van der Waals surface area contributed by atoms with Gasteiger partial charge in [0.2, 0.25) is 0 Å². The van der Waals surface area contributed by atoms with Gasteiger partial charge in [-0.15, -0.1) is 0 Å². The number of carboxylic acid groups (broad SMARTS) is 1. The van der Waals surface area contributed by atoms with Crippen LogP contribution >= 0.6 is 0 Å². The Kier molecular flexibility index (Phi) is 2.68. The van der Waals surface area contributed by atoms with E-state index in [9.17, 15) is 9.18 Å². The van der Waals surface area contributed by atoms with Crippen LogP contribution in [-0.2, 0) is 4.79 Å². The maximum atomic E-state index is 12.7. The van der Waals surface area contributed by atoms with Crippen molar-refractivity contribution >= 4 is 5.97 Å². The summed E-state index contributed by atoms with van der Waals surface area (Å²) < 4.78 is 12.7. The van der Waals surface area contributed by atoms with E-state index in [1.165, 1.54) is 12.1 Å². The smallest absolute Gasteiger partial charge is 0.308 e. The molecule has 0 aliphatic carbocycles. The van der Waals surface area contributed by atoms with Crippen LogP contribution < -0.4 is 5.32 Å². The first kappa shape index (κ1) is 10.1. The van der Waals surface area contributed by atoms with Crippen LogP contribution in [0.2, 0.25) is 0 Å². The van der Waals surface area contributed by atoms with Gasteiger partial charge in [0.1, 0.15) is 5.82 Å². The molecular weight excluding hydrogens is 197 g/mol. The molecule has 1 aliphatic rings. The van der Waals surface area contributed by atoms with Crippen LogP contribution in [0.3, 0.4) is 0 Å². The molecule has 3 nitrogen and oxygen atoms in total. The highest BCUT2D eigenvalue weighted by Gasteiger charge is 2.33. The minimum Gasteiger partial charge on any atom is -0.481 e. The maximum absolute atomic E-state index is 12.7. The van der Waals surface area contributed by atoms with Crippen molar-refractivity contribution in [1.29, 1.82) is 0 Å². The number of nitrogens with one attached hydrogen (secondary N) is 1. The lowest BCUT2D eigenvalue weighted by Crippen LogP contribution is -2.20. The number of halogens is 1. The third kappa shape index (κ3) is 1.99. The molecule has 0 aromatic heterocycles. The summed E-state index contributed by atoms with van der Waals surface area (Å²) >= 11 is 0. The average Bonchev–Trinajstić information content (AvgIpc) is 2.67. The van der Waals surface area contributed by atoms with Crippen molar-refractivity contribution in [3.05, 3.63) is 35.6 Å². The predicted molar refractivity (Wildman–Crippen MR) is 53.1 cm³/mol. The van der Waals surface area contributed by atoms with Gasteiger partial charge >= 0.3 is 5.97 Å². The summed E-state index contributed by atoms with van der Waals surface area (Å²) in [6, 6.07) is 6.05. The normalized spacial score (nSPS) is 25.4. The Labute approximate surface area is 86.9 Å². The highest BCUT2D eigenvalue weighted by atomic mass is 19.1. The van der Waals surface area contributed by atoms with Gasteiger partial charge in [0.05, 0.1) is 5.92 Å². The third-order valence-electron chi connectivity index (χ3n) is 2.83. The molecule has 0 bridgehead atoms. The lowest BCUT2D eigenvalue weighted by molar-refractivity contribution is -0.141. The van der Waals surface area contributed by atoms with Gasteiger partial charge in [0.15, 0.2) is 0 Å². The van der Waals surface area contributed by atoms with Crippen molar-refractivity contribution < 1.29 is 14.3 Å². The fourth-order valence-electron chi connectivity index (χ4n) is 2.00. The van der Waals surface area contributed by atoms with E-state index in [-0.39, 0.29) is 11.7 Å². The first-order chi connectivity index (χ1) is 7.18. The zero-order valence-corrected chi connectivity index (χ0v) is 8.11. The first-order valence-electron chi connectivity index (χ1n) is 4.87. The Morgan fingerprint density at radius 1 is 1.33 bits per heavy atom. The molecule has 0 radical (unpaired) electrons. The summed E-state index contributed by atoms with van der Waals surface area (Å²) in [6.07, 6.45) is 0. The molecule has 2 N–H and O–H groups in total. The van der Waals surface area contributed by atoms with E-state index in [4.69, 9.17) is 5.11 Å². The van der Waals surface area contributed by atoms with Gasteiger partial charge in [-0.3, -0.25) is 4.79 Å². The number of hydrogen-bond acceptors (Lipinski definition) is 2. The molecule has 2 rings (SSSR count). The molecule has 4 heteroatoms. The molecule has 0 amide bonds. The fourth-order valence-corrected chi connectivity index (χ4v) is 2.00. The Bertz CT molecular complexity index is 363. The number of rotatable bonds is 2. The lowest BCUT2D eigenvalue weighted by atomic mass is 9.89. The highest BCUT2D eigenvalue weighted by Crippen LogP contribution is 2.28. The van der Waals surface area contributed by atoms with Crippen molar-refractivity contribution in [2.24, 2.45) is 5.92 Å². The van der Waals surface area contributed by atoms with E-state index >= 15 is 0 Å². The summed E-state index contributed by atoms with van der Waals surface area (Å²) in [7, 11) is 0. The molecule has 80 valence electrons. The minimum atomic E-state index is -0.797. The molecule has 1 heterocycles. The summed E-state index contributed by atoms with van der Waals surface area (Å²) in [5.74, 6) is -1.55. The molecule has 0 saturated carbocycles. The molecule has 0 unspecified atom stereocenters. The fraction of sp³-hybridized carbons (Fsp3) is 0.364. The van der Waals surface area contributed by atoms with Gasteiger partial charge in [-0.05, 0) is 17.7 Å². The summed E-state index contributed by atoms with van der Waals surface area (Å²) in [4.78, 5) is 10.9. The van der Waals surface area contributed by atoms with Crippen molar-refractivity contribution in [1.82, 2.24) is 5.32 Å². The van der Waals surface area contributed by atoms with Crippen molar-refractivity contribution in [3.8, 4) is 0 Å². The molecule has 1 saturated heterocycles. The Hall–Kier alpha value is -1.42. The summed E-state index contributed by atoms with van der Waals surface area (Å²) in [6.45, 7) is 1.12. The zero-order chi connectivity index (χ0) is 10.8. The van der Waals surface area contributed by atoms with Gasteiger partial charge in [-0.1, -0.05) is 12.1 Å². The lowest BCUT2D eigenvalue weighted by Gasteiger charge is -2.14. The van der Waals surface area contributed by atoms with Crippen molar-refractivity contribution in [3.63, 3.8) is 0 Å². The molecule has 1 aromatic rings. The van der Waals surface area contributed by atoms with Crippen LogP contribution in [0.1, 0.15) is 11.5 Å². The van der Waals surface area contributed by atoms with Gasteiger partial charge in [0, 0.05) is 19.0 Å². The largest absolute Gasteiger partial charge is 0.481 e. The van der Waals surface area contributed by atoms with E-state index in [0.29, 0.717) is 13.1 Å². The first-order valence-corrected chi connectivity index (χ1v) is 4.87. The second-order valence-corrected chi connectivity index (χ2v) is 3.76. The van der Waals surface area contributed by atoms with Gasteiger partial charge in [-0.2, -0.15) is 0 Å². The quantitative estimate of drug-likeness (QED) is 0.769. The van der Waals surface area contributed by atoms with Crippen LogP contribution in [0.25, 0.3) is 0 Å². The van der Waals surface area contributed by atoms with Crippen LogP contribution in [0, 0.1) is 11.7 Å². The van der Waals surface area contributed by atoms with E-state index in [1.54, 1.807) is 12.1 Å². The number of benzene rings is 1.